The van der Waals surface area contributed by atoms with Gasteiger partial charge in [0.1, 0.15) is 0 Å². The maximum Gasteiger partial charge on any atom is 0.0598 e. The van der Waals surface area contributed by atoms with Gasteiger partial charge in [0.05, 0.1) is 12.2 Å². The second kappa shape index (κ2) is 4.66. The third kappa shape index (κ3) is 3.74. The fourth-order valence-corrected chi connectivity index (χ4v) is 2.49. The minimum absolute atomic E-state index is 0.0253. The molecule has 0 aromatic heterocycles. The first-order chi connectivity index (χ1) is 7.49. The van der Waals surface area contributed by atoms with Crippen molar-refractivity contribution in [2.45, 2.75) is 58.5 Å². The average Bonchev–Trinajstić information content (AvgIpc) is 2.96. The van der Waals surface area contributed by atoms with Gasteiger partial charge in [-0.2, -0.15) is 0 Å². The lowest BCUT2D eigenvalue weighted by Crippen LogP contribution is -2.37. The van der Waals surface area contributed by atoms with Crippen LogP contribution in [0.5, 0.6) is 0 Å². The Labute approximate surface area is 100 Å². The Balaban J connectivity index is 1.75. The van der Waals surface area contributed by atoms with Crippen LogP contribution in [0, 0.1) is 5.41 Å². The molecule has 0 aromatic rings. The van der Waals surface area contributed by atoms with Gasteiger partial charge >= 0.3 is 0 Å². The van der Waals surface area contributed by atoms with Crippen molar-refractivity contribution >= 4 is 0 Å². The minimum atomic E-state index is 0.0253. The highest BCUT2D eigenvalue weighted by Gasteiger charge is 2.44. The van der Waals surface area contributed by atoms with Gasteiger partial charge in [-0.05, 0) is 59.5 Å². The van der Waals surface area contributed by atoms with Gasteiger partial charge in [0.15, 0.2) is 0 Å². The topological polar surface area (TPSA) is 12.5 Å². The summed E-state index contributed by atoms with van der Waals surface area (Å²) in [6.07, 6.45) is 6.98. The number of piperidine rings is 1. The van der Waals surface area contributed by atoms with Gasteiger partial charge in [0.25, 0.3) is 0 Å². The van der Waals surface area contributed by atoms with E-state index < -0.39 is 0 Å². The van der Waals surface area contributed by atoms with E-state index in [9.17, 15) is 0 Å². The molecule has 94 valence electrons. The van der Waals surface area contributed by atoms with Crippen LogP contribution >= 0.6 is 0 Å². The molecule has 1 saturated heterocycles. The van der Waals surface area contributed by atoms with Crippen molar-refractivity contribution in [1.82, 2.24) is 4.90 Å². The number of rotatable bonds is 4. The van der Waals surface area contributed by atoms with Crippen LogP contribution in [0.3, 0.4) is 0 Å². The van der Waals surface area contributed by atoms with Crippen molar-refractivity contribution in [2.75, 3.05) is 26.2 Å². The second-order valence-electron chi connectivity index (χ2n) is 6.74. The molecular formula is C14H27NO. The fourth-order valence-electron chi connectivity index (χ4n) is 2.49. The van der Waals surface area contributed by atoms with Crippen LogP contribution in [0.2, 0.25) is 0 Å². The van der Waals surface area contributed by atoms with E-state index in [1.54, 1.807) is 0 Å². The van der Waals surface area contributed by atoms with E-state index in [0.29, 0.717) is 5.41 Å². The molecule has 2 heteroatoms. The highest BCUT2D eigenvalue weighted by Crippen LogP contribution is 2.47. The van der Waals surface area contributed by atoms with Gasteiger partial charge in [-0.3, -0.25) is 0 Å². The summed E-state index contributed by atoms with van der Waals surface area (Å²) in [6, 6.07) is 0. The lowest BCUT2D eigenvalue weighted by Gasteiger charge is -2.32. The highest BCUT2D eigenvalue weighted by molar-refractivity contribution is 4.96. The number of hydrogen-bond acceptors (Lipinski definition) is 2. The molecular weight excluding hydrogens is 198 g/mol. The third-order valence-corrected chi connectivity index (χ3v) is 3.78. The molecule has 16 heavy (non-hydrogen) atoms. The van der Waals surface area contributed by atoms with Crippen LogP contribution in [-0.4, -0.2) is 36.7 Å². The molecule has 2 nitrogen and oxygen atoms in total. The molecule has 0 atom stereocenters. The van der Waals surface area contributed by atoms with Crippen molar-refractivity contribution in [3.05, 3.63) is 0 Å². The minimum Gasteiger partial charge on any atom is -0.375 e. The molecule has 2 aliphatic rings. The molecule has 1 saturated carbocycles. The Morgan fingerprint density at radius 1 is 1.06 bits per heavy atom. The Morgan fingerprint density at radius 2 is 1.69 bits per heavy atom. The molecule has 0 spiro atoms. The zero-order valence-corrected chi connectivity index (χ0v) is 11.2. The Kier molecular flexibility index (Phi) is 3.60. The highest BCUT2D eigenvalue weighted by atomic mass is 16.5. The van der Waals surface area contributed by atoms with Gasteiger partial charge in [0.2, 0.25) is 0 Å². The quantitative estimate of drug-likeness (QED) is 0.729. The predicted octanol–water partition coefficient (Wildman–Crippen LogP) is 3.07. The van der Waals surface area contributed by atoms with Gasteiger partial charge in [-0.25, -0.2) is 0 Å². The Bertz CT molecular complexity index is 221. The van der Waals surface area contributed by atoms with Gasteiger partial charge in [0, 0.05) is 12.0 Å². The molecule has 1 heterocycles. The van der Waals surface area contributed by atoms with Crippen molar-refractivity contribution < 1.29 is 4.74 Å². The molecule has 0 unspecified atom stereocenters. The molecule has 0 N–H and O–H groups in total. The zero-order valence-electron chi connectivity index (χ0n) is 11.2. The van der Waals surface area contributed by atoms with Gasteiger partial charge in [-0.1, -0.05) is 6.42 Å². The Morgan fingerprint density at radius 3 is 2.19 bits per heavy atom. The van der Waals surface area contributed by atoms with E-state index in [1.165, 1.54) is 51.7 Å². The summed E-state index contributed by atoms with van der Waals surface area (Å²) < 4.78 is 5.97. The summed E-state index contributed by atoms with van der Waals surface area (Å²) in [5.74, 6) is 0. The Hall–Kier alpha value is -0.0800. The summed E-state index contributed by atoms with van der Waals surface area (Å²) in [6.45, 7) is 11.3. The maximum absolute atomic E-state index is 5.97. The van der Waals surface area contributed by atoms with Crippen molar-refractivity contribution in [3.8, 4) is 0 Å². The standard InChI is InChI=1S/C14H27NO/c1-13(2,3)16-12-14(7-8-14)11-15-9-5-4-6-10-15/h4-12H2,1-3H3. The largest absolute Gasteiger partial charge is 0.375 e. The summed E-state index contributed by atoms with van der Waals surface area (Å²) in [4.78, 5) is 2.66. The van der Waals surface area contributed by atoms with Crippen LogP contribution < -0.4 is 0 Å². The number of ether oxygens (including phenoxy) is 1. The molecule has 1 aliphatic heterocycles. The number of hydrogen-bond donors (Lipinski definition) is 0. The van der Waals surface area contributed by atoms with E-state index in [-0.39, 0.29) is 5.60 Å². The summed E-state index contributed by atoms with van der Waals surface area (Å²) >= 11 is 0. The van der Waals surface area contributed by atoms with Crippen molar-refractivity contribution in [3.63, 3.8) is 0 Å². The van der Waals surface area contributed by atoms with E-state index >= 15 is 0 Å². The van der Waals surface area contributed by atoms with Crippen molar-refractivity contribution in [1.29, 1.82) is 0 Å². The monoisotopic (exact) mass is 225 g/mol. The summed E-state index contributed by atoms with van der Waals surface area (Å²) in [7, 11) is 0. The molecule has 0 bridgehead atoms. The lowest BCUT2D eigenvalue weighted by atomic mass is 10.0. The van der Waals surface area contributed by atoms with Crippen LogP contribution in [-0.2, 0) is 4.74 Å². The van der Waals surface area contributed by atoms with Crippen LogP contribution in [0.15, 0.2) is 0 Å². The molecule has 2 fully saturated rings. The first kappa shape index (κ1) is 12.4. The van der Waals surface area contributed by atoms with Crippen molar-refractivity contribution in [2.24, 2.45) is 5.41 Å². The zero-order chi connectivity index (χ0) is 11.6. The average molecular weight is 225 g/mol. The third-order valence-electron chi connectivity index (χ3n) is 3.78. The fraction of sp³-hybridized carbons (Fsp3) is 1.00. The lowest BCUT2D eigenvalue weighted by molar-refractivity contribution is -0.0348. The van der Waals surface area contributed by atoms with E-state index in [2.05, 4.69) is 25.7 Å². The SMILES string of the molecule is CC(C)(C)OCC1(CN2CCCCC2)CC1. The van der Waals surface area contributed by atoms with Crippen LogP contribution in [0.25, 0.3) is 0 Å². The van der Waals surface area contributed by atoms with Gasteiger partial charge < -0.3 is 9.64 Å². The normalized spacial score (nSPS) is 25.7. The first-order valence-corrected chi connectivity index (χ1v) is 6.86. The smallest absolute Gasteiger partial charge is 0.0598 e. The molecule has 0 aromatic carbocycles. The van der Waals surface area contributed by atoms with Crippen LogP contribution in [0.1, 0.15) is 52.9 Å². The number of nitrogens with zero attached hydrogens (tertiary/aromatic N) is 1. The molecule has 0 amide bonds. The van der Waals surface area contributed by atoms with E-state index in [4.69, 9.17) is 4.74 Å². The number of likely N-dealkylation sites (tertiary alicyclic amines) is 1. The van der Waals surface area contributed by atoms with E-state index in [1.807, 2.05) is 0 Å². The van der Waals surface area contributed by atoms with E-state index in [0.717, 1.165) is 6.61 Å². The van der Waals surface area contributed by atoms with Crippen LogP contribution in [0.4, 0.5) is 0 Å². The molecule has 2 rings (SSSR count). The predicted molar refractivity (Wildman–Crippen MR) is 67.7 cm³/mol. The van der Waals surface area contributed by atoms with Gasteiger partial charge in [-0.15, -0.1) is 0 Å². The molecule has 1 aliphatic carbocycles. The first-order valence-electron chi connectivity index (χ1n) is 6.86. The summed E-state index contributed by atoms with van der Waals surface area (Å²) in [5, 5.41) is 0. The maximum atomic E-state index is 5.97. The second-order valence-corrected chi connectivity index (χ2v) is 6.74. The molecule has 0 radical (unpaired) electrons. The summed E-state index contributed by atoms with van der Waals surface area (Å²) in [5.41, 5.74) is 0.544.